The number of hydrogen-bond acceptors (Lipinski definition) is 13. The van der Waals surface area contributed by atoms with Gasteiger partial charge in [-0.05, 0) is 137 Å². The van der Waals surface area contributed by atoms with E-state index in [9.17, 15) is 28.8 Å². The summed E-state index contributed by atoms with van der Waals surface area (Å²) >= 11 is 9.53. The largest absolute Gasteiger partial charge is 0.478 e. The van der Waals surface area contributed by atoms with Crippen molar-refractivity contribution >= 4 is 70.2 Å². The molecule has 2 heterocycles. The Bertz CT molecular complexity index is 2310. The highest BCUT2D eigenvalue weighted by Gasteiger charge is 2.28. The number of ketones is 3. The average molecular weight is 1030 g/mol. The maximum Gasteiger partial charge on any atom is 0.335 e. The topological polar surface area (TPSA) is 265 Å². The Balaban J connectivity index is 0.000000870. The number of carbonyl (C=O) groups excluding carboxylic acids is 4. The summed E-state index contributed by atoms with van der Waals surface area (Å²) < 4.78 is 11.0. The first-order valence-corrected chi connectivity index (χ1v) is 22.8. The van der Waals surface area contributed by atoms with Gasteiger partial charge in [-0.2, -0.15) is 0 Å². The minimum Gasteiger partial charge on any atom is -0.478 e. The van der Waals surface area contributed by atoms with Crippen LogP contribution in [0.3, 0.4) is 0 Å². The first kappa shape index (κ1) is 64.7. The van der Waals surface area contributed by atoms with E-state index < -0.39 is 23.0 Å². The fourth-order valence-electron chi connectivity index (χ4n) is 5.19. The molecule has 1 amide bonds. The number of carboxylic acids is 2. The Morgan fingerprint density at radius 3 is 1.04 bits per heavy atom. The second kappa shape index (κ2) is 29.8. The molecule has 0 bridgehead atoms. The molecule has 2 aliphatic heterocycles. The molecule has 16 nitrogen and oxygen atoms in total. The number of nitrogens with one attached hydrogen (secondary N) is 1. The minimum absolute atomic E-state index is 0. The van der Waals surface area contributed by atoms with Crippen molar-refractivity contribution in [2.24, 2.45) is 15.7 Å². The normalized spacial score (nSPS) is 13.5. The second-order valence-electron chi connectivity index (χ2n) is 18.4. The third-order valence-electron chi connectivity index (χ3n) is 9.20. The predicted octanol–water partition coefficient (Wildman–Crippen LogP) is 9.14. The van der Waals surface area contributed by atoms with Crippen LogP contribution in [0.4, 0.5) is 0 Å². The van der Waals surface area contributed by atoms with E-state index in [1.165, 1.54) is 38.1 Å². The number of aliphatic hydroxyl groups excluding tert-OH is 2. The Morgan fingerprint density at radius 2 is 0.817 bits per heavy atom. The number of amides is 1. The van der Waals surface area contributed by atoms with Crippen molar-refractivity contribution in [3.05, 3.63) is 142 Å². The number of carbonyl (C=O) groups is 6. The fourth-order valence-corrected chi connectivity index (χ4v) is 5.19. The summed E-state index contributed by atoms with van der Waals surface area (Å²) in [7, 11) is 0. The number of ether oxygens (including phenoxy) is 2. The zero-order valence-electron chi connectivity index (χ0n) is 41.6. The van der Waals surface area contributed by atoms with Gasteiger partial charge in [0, 0.05) is 38.9 Å². The van der Waals surface area contributed by atoms with Crippen LogP contribution in [0.1, 0.15) is 157 Å². The molecule has 0 radical (unpaired) electrons. The van der Waals surface area contributed by atoms with Crippen LogP contribution in [0, 0.1) is 0 Å². The summed E-state index contributed by atoms with van der Waals surface area (Å²) in [6.07, 6.45) is 0. The number of hydrogen-bond donors (Lipinski definition) is 6. The summed E-state index contributed by atoms with van der Waals surface area (Å²) in [5.74, 6) is -0.951. The van der Waals surface area contributed by atoms with Crippen molar-refractivity contribution in [1.82, 2.24) is 5.32 Å². The first-order valence-electron chi connectivity index (χ1n) is 21.7. The smallest absolute Gasteiger partial charge is 0.335 e. The molecular weight excluding hydrogens is 956 g/mol. The van der Waals surface area contributed by atoms with Gasteiger partial charge < -0.3 is 41.0 Å². The van der Waals surface area contributed by atoms with Gasteiger partial charge in [-0.3, -0.25) is 19.2 Å². The molecule has 0 atom stereocenters. The predicted molar refractivity (Wildman–Crippen MR) is 280 cm³/mol. The van der Waals surface area contributed by atoms with Crippen molar-refractivity contribution in [3.63, 3.8) is 0 Å². The van der Waals surface area contributed by atoms with E-state index in [2.05, 4.69) is 15.3 Å². The molecule has 0 saturated carbocycles. The SMILES string of the molecule is C.CC(=O)c1ccc(C(=O)NC(C)(C)CO)cc1.CC(=O)c1ccc(C(=O)O)cc1.CC(=O)c1ccc(C2=NC(C)(C)CO2)cc1.CC(C)(N)CO.CC1(C)COC(c2ccc(C(=O)O)cc2)=N1.ClCCl. The van der Waals surface area contributed by atoms with Crippen molar-refractivity contribution in [2.45, 2.75) is 106 Å². The highest BCUT2D eigenvalue weighted by atomic mass is 35.5. The molecule has 0 unspecified atom stereocenters. The van der Waals surface area contributed by atoms with Crippen LogP contribution < -0.4 is 11.1 Å². The highest BCUT2D eigenvalue weighted by molar-refractivity contribution is 6.40. The Kier molecular flexibility index (Phi) is 27.1. The summed E-state index contributed by atoms with van der Waals surface area (Å²) in [5.41, 5.74) is 8.37. The van der Waals surface area contributed by atoms with Gasteiger partial charge in [-0.1, -0.05) is 43.8 Å². The van der Waals surface area contributed by atoms with E-state index in [0.717, 1.165) is 11.1 Å². The molecule has 7 N–H and O–H groups in total. The molecule has 4 aromatic carbocycles. The van der Waals surface area contributed by atoms with E-state index in [1.807, 2.05) is 39.8 Å². The maximum absolute atomic E-state index is 11.8. The summed E-state index contributed by atoms with van der Waals surface area (Å²) in [6, 6.07) is 26.1. The van der Waals surface area contributed by atoms with Crippen LogP contribution in [0.25, 0.3) is 0 Å². The van der Waals surface area contributed by atoms with E-state index in [-0.39, 0.29) is 71.4 Å². The molecule has 4 aromatic rings. The molecule has 0 saturated heterocycles. The Labute approximate surface area is 427 Å². The van der Waals surface area contributed by atoms with Crippen LogP contribution in [-0.4, -0.2) is 121 Å². The Morgan fingerprint density at radius 1 is 0.563 bits per heavy atom. The van der Waals surface area contributed by atoms with Gasteiger partial charge in [0.15, 0.2) is 17.3 Å². The third-order valence-corrected chi connectivity index (χ3v) is 9.20. The van der Waals surface area contributed by atoms with Gasteiger partial charge in [0.05, 0.1) is 46.3 Å². The highest BCUT2D eigenvalue weighted by Crippen LogP contribution is 2.22. The number of benzene rings is 4. The van der Waals surface area contributed by atoms with Crippen molar-refractivity contribution in [1.29, 1.82) is 0 Å². The molecule has 0 fully saturated rings. The number of aliphatic hydroxyl groups is 2. The van der Waals surface area contributed by atoms with Crippen molar-refractivity contribution in [2.75, 3.05) is 31.8 Å². The lowest BCUT2D eigenvalue weighted by atomic mass is 10.0. The van der Waals surface area contributed by atoms with Crippen LogP contribution in [0.2, 0.25) is 0 Å². The molecule has 18 heteroatoms. The van der Waals surface area contributed by atoms with Gasteiger partial charge >= 0.3 is 11.9 Å². The Hall–Kier alpha value is -6.30. The van der Waals surface area contributed by atoms with Crippen molar-refractivity contribution < 1.29 is 58.7 Å². The number of Topliss-reactive ketones (excluding diaryl/α,β-unsaturated/α-hetero) is 3. The average Bonchev–Trinajstić information content (AvgIpc) is 3.87. The number of aromatic carboxylic acids is 2. The van der Waals surface area contributed by atoms with E-state index >= 15 is 0 Å². The van der Waals surface area contributed by atoms with Gasteiger partial charge in [0.25, 0.3) is 5.91 Å². The lowest BCUT2D eigenvalue weighted by Crippen LogP contribution is -2.46. The number of aliphatic imine (C=N–C) groups is 2. The fraction of sp³-hybridized carbons (Fsp3) is 0.396. The summed E-state index contributed by atoms with van der Waals surface area (Å²) in [4.78, 5) is 74.7. The maximum atomic E-state index is 11.8. The quantitative estimate of drug-likeness (QED) is 0.0605. The van der Waals surface area contributed by atoms with Crippen LogP contribution in [0.15, 0.2) is 107 Å². The lowest BCUT2D eigenvalue weighted by Gasteiger charge is -2.23. The van der Waals surface area contributed by atoms with Crippen LogP contribution >= 0.6 is 23.2 Å². The second-order valence-corrected chi connectivity index (χ2v) is 19.2. The van der Waals surface area contributed by atoms with Crippen LogP contribution in [-0.2, 0) is 9.47 Å². The zero-order chi connectivity index (χ0) is 53.6. The molecule has 388 valence electrons. The number of nitrogens with zero attached hydrogens (tertiary/aromatic N) is 2. The van der Waals surface area contributed by atoms with E-state index in [1.54, 1.807) is 95.3 Å². The number of halogens is 2. The third kappa shape index (κ3) is 24.9. The standard InChI is InChI=1S/C13H17NO3.C13H15NO2.C12H13NO3.C9H8O3.C4H11NO.CH2Cl2.CH4/c1-9(16)10-4-6-11(7-5-10)12(17)14-13(2,3)8-15;1-9(15)10-4-6-11(7-5-10)12-14-13(2,3)8-16-12;1-12(2)7-16-10(13-12)8-3-5-9(6-4-8)11(14)15;1-6(10)7-2-4-8(5-3-7)9(11)12;1-4(2,5)3-6;2-1-3;/h4-7,15H,8H2,1-3H3,(H,14,17);4-7H,8H2,1-3H3;3-6H,7H2,1-2H3,(H,14,15);2-5H,1H3,(H,11,12);6H,3,5H2,1-2H3;1H2;1H4. The molecular formula is C53H70Cl2N4O12. The summed E-state index contributed by atoms with van der Waals surface area (Å²) in [5, 5.41) is 37.5. The number of carboxylic acid groups (broad SMARTS) is 2. The van der Waals surface area contributed by atoms with Gasteiger partial charge in [0.2, 0.25) is 11.8 Å². The van der Waals surface area contributed by atoms with E-state index in [4.69, 9.17) is 58.8 Å². The molecule has 71 heavy (non-hydrogen) atoms. The first-order chi connectivity index (χ1) is 32.4. The number of alkyl halides is 2. The zero-order valence-corrected chi connectivity index (χ0v) is 43.1. The van der Waals surface area contributed by atoms with Crippen molar-refractivity contribution in [3.8, 4) is 0 Å². The lowest BCUT2D eigenvalue weighted by molar-refractivity contribution is 0.0686. The molecule has 6 rings (SSSR count). The van der Waals surface area contributed by atoms with Gasteiger partial charge in [0.1, 0.15) is 13.2 Å². The van der Waals surface area contributed by atoms with Gasteiger partial charge in [-0.15, -0.1) is 23.2 Å². The minimum atomic E-state index is -0.981. The molecule has 2 aliphatic rings. The number of nitrogens with two attached hydrogens (primary N) is 1. The molecule has 0 aliphatic carbocycles. The van der Waals surface area contributed by atoms with Gasteiger partial charge in [-0.25, -0.2) is 19.6 Å². The molecule has 0 spiro atoms. The number of rotatable bonds is 11. The summed E-state index contributed by atoms with van der Waals surface area (Å²) in [6.45, 7) is 20.6. The molecule has 0 aromatic heterocycles. The monoisotopic (exact) mass is 1020 g/mol. The van der Waals surface area contributed by atoms with E-state index in [0.29, 0.717) is 47.3 Å². The van der Waals surface area contributed by atoms with Crippen LogP contribution in [0.5, 0.6) is 0 Å².